The Morgan fingerprint density at radius 1 is 1.18 bits per heavy atom. The minimum atomic E-state index is -0.509. The van der Waals surface area contributed by atoms with Crippen LogP contribution in [0.15, 0.2) is 24.3 Å². The number of ether oxygens (including phenoxy) is 2. The van der Waals surface area contributed by atoms with Crippen LogP contribution in [0.25, 0.3) is 0 Å². The van der Waals surface area contributed by atoms with E-state index in [4.69, 9.17) is 9.47 Å². The Kier molecular flexibility index (Phi) is 6.54. The Hall–Kier alpha value is -2.57. The second-order valence-electron chi connectivity index (χ2n) is 7.13. The lowest BCUT2D eigenvalue weighted by Crippen LogP contribution is -2.47. The Morgan fingerprint density at radius 3 is 2.57 bits per heavy atom. The maximum atomic E-state index is 12.7. The van der Waals surface area contributed by atoms with Gasteiger partial charge in [0.05, 0.1) is 18.2 Å². The van der Waals surface area contributed by atoms with E-state index in [1.165, 1.54) is 0 Å². The van der Waals surface area contributed by atoms with Crippen LogP contribution in [0.4, 0.5) is 5.69 Å². The maximum absolute atomic E-state index is 12.7. The van der Waals surface area contributed by atoms with Crippen molar-refractivity contribution in [3.63, 3.8) is 0 Å². The fourth-order valence-corrected chi connectivity index (χ4v) is 3.75. The van der Waals surface area contributed by atoms with Crippen LogP contribution in [0.1, 0.15) is 39.5 Å². The Morgan fingerprint density at radius 2 is 1.89 bits per heavy atom. The van der Waals surface area contributed by atoms with Gasteiger partial charge < -0.3 is 19.3 Å². The number of hydrogen-bond donors (Lipinski definition) is 0. The molecule has 1 unspecified atom stereocenters. The Balaban J connectivity index is 1.57. The quantitative estimate of drug-likeness (QED) is 0.700. The molecule has 0 N–H and O–H groups in total. The highest BCUT2D eigenvalue weighted by Gasteiger charge is 2.34. The largest absolute Gasteiger partial charge is 0.478 e. The van der Waals surface area contributed by atoms with Gasteiger partial charge in [-0.25, -0.2) is 0 Å². The van der Waals surface area contributed by atoms with Gasteiger partial charge in [-0.3, -0.25) is 14.4 Å². The summed E-state index contributed by atoms with van der Waals surface area (Å²) < 4.78 is 10.8. The zero-order valence-corrected chi connectivity index (χ0v) is 16.6. The molecule has 2 aliphatic rings. The molecule has 1 saturated heterocycles. The van der Waals surface area contributed by atoms with Crippen LogP contribution in [0.5, 0.6) is 5.75 Å². The van der Waals surface area contributed by atoms with Gasteiger partial charge in [0.15, 0.2) is 6.10 Å². The second-order valence-corrected chi connectivity index (χ2v) is 7.13. The molecule has 0 aromatic heterocycles. The van der Waals surface area contributed by atoms with Gasteiger partial charge in [0, 0.05) is 26.1 Å². The molecule has 152 valence electrons. The number of amides is 2. The highest BCUT2D eigenvalue weighted by molar-refractivity contribution is 6.00. The normalized spacial score (nSPS) is 19.8. The van der Waals surface area contributed by atoms with Crippen molar-refractivity contribution in [1.29, 1.82) is 0 Å². The van der Waals surface area contributed by atoms with Gasteiger partial charge in [-0.15, -0.1) is 0 Å². The molecule has 2 aliphatic heterocycles. The summed E-state index contributed by atoms with van der Waals surface area (Å²) in [6, 6.07) is 7.42. The molecule has 7 nitrogen and oxygen atoms in total. The monoisotopic (exact) mass is 388 g/mol. The van der Waals surface area contributed by atoms with Crippen LogP contribution in [0.3, 0.4) is 0 Å². The summed E-state index contributed by atoms with van der Waals surface area (Å²) in [5, 5.41) is 0. The van der Waals surface area contributed by atoms with Crippen LogP contribution in [0, 0.1) is 5.92 Å². The van der Waals surface area contributed by atoms with Crippen LogP contribution in [-0.2, 0) is 19.1 Å². The van der Waals surface area contributed by atoms with Crippen molar-refractivity contribution in [2.75, 3.05) is 31.1 Å². The molecule has 0 aliphatic carbocycles. The summed E-state index contributed by atoms with van der Waals surface area (Å²) in [5.41, 5.74) is 0.714. The minimum Gasteiger partial charge on any atom is -0.478 e. The molecular formula is C21H28N2O5. The number of para-hydroxylation sites is 2. The van der Waals surface area contributed by atoms with Crippen molar-refractivity contribution in [1.82, 2.24) is 4.90 Å². The summed E-state index contributed by atoms with van der Waals surface area (Å²) >= 11 is 0. The highest BCUT2D eigenvalue weighted by atomic mass is 16.5. The number of carbonyl (C=O) groups excluding carboxylic acids is 3. The van der Waals surface area contributed by atoms with Gasteiger partial charge in [0.2, 0.25) is 5.91 Å². The van der Waals surface area contributed by atoms with E-state index in [1.54, 1.807) is 16.7 Å². The van der Waals surface area contributed by atoms with Crippen molar-refractivity contribution in [2.45, 2.75) is 45.6 Å². The fourth-order valence-electron chi connectivity index (χ4n) is 3.75. The first-order chi connectivity index (χ1) is 13.5. The number of likely N-dealkylation sites (tertiary alicyclic amines) is 1. The van der Waals surface area contributed by atoms with E-state index in [2.05, 4.69) is 0 Å². The van der Waals surface area contributed by atoms with Gasteiger partial charge in [-0.05, 0) is 38.3 Å². The molecular weight excluding hydrogens is 360 g/mol. The molecule has 0 bridgehead atoms. The Bertz CT molecular complexity index is 727. The first kappa shape index (κ1) is 20.2. The molecule has 3 rings (SSSR count). The number of nitrogens with zero attached hydrogens (tertiary/aromatic N) is 2. The molecule has 1 fully saturated rings. The standard InChI is InChI=1S/C21H28N2O5/c1-3-17-20(25)23(16-7-5-6-8-18(16)28-17)14-11-19(24)22-12-9-15(10-13-22)21(26)27-4-2/h5-8,15,17H,3-4,9-14H2,1-2H3. The second kappa shape index (κ2) is 9.08. The third kappa shape index (κ3) is 4.29. The van der Waals surface area contributed by atoms with Crippen molar-refractivity contribution in [3.8, 4) is 5.75 Å². The Labute approximate surface area is 165 Å². The van der Waals surface area contributed by atoms with Gasteiger partial charge >= 0.3 is 5.97 Å². The van der Waals surface area contributed by atoms with Crippen molar-refractivity contribution in [2.24, 2.45) is 5.92 Å². The summed E-state index contributed by atoms with van der Waals surface area (Å²) in [7, 11) is 0. The minimum absolute atomic E-state index is 0.00660. The van der Waals surface area contributed by atoms with Gasteiger partial charge in [0.1, 0.15) is 5.75 Å². The highest BCUT2D eigenvalue weighted by Crippen LogP contribution is 2.34. The maximum Gasteiger partial charge on any atom is 0.309 e. The average molecular weight is 388 g/mol. The van der Waals surface area contributed by atoms with Crippen LogP contribution in [0.2, 0.25) is 0 Å². The lowest BCUT2D eigenvalue weighted by Gasteiger charge is -2.35. The number of benzene rings is 1. The fraction of sp³-hybridized carbons (Fsp3) is 0.571. The summed E-state index contributed by atoms with van der Waals surface area (Å²) in [6.45, 7) is 5.51. The average Bonchev–Trinajstić information content (AvgIpc) is 2.72. The van der Waals surface area contributed by atoms with Gasteiger partial charge in [-0.2, -0.15) is 0 Å². The lowest BCUT2D eigenvalue weighted by atomic mass is 9.97. The first-order valence-corrected chi connectivity index (χ1v) is 10.1. The van der Waals surface area contributed by atoms with Crippen molar-refractivity contribution < 1.29 is 23.9 Å². The topological polar surface area (TPSA) is 76.2 Å². The number of rotatable bonds is 6. The zero-order chi connectivity index (χ0) is 20.1. The molecule has 2 amide bonds. The summed E-state index contributed by atoms with van der Waals surface area (Å²) in [4.78, 5) is 40.6. The zero-order valence-electron chi connectivity index (χ0n) is 16.6. The molecule has 1 aromatic carbocycles. The molecule has 0 saturated carbocycles. The third-order valence-electron chi connectivity index (χ3n) is 5.35. The number of carbonyl (C=O) groups is 3. The van der Waals surface area contributed by atoms with Crippen LogP contribution < -0.4 is 9.64 Å². The van der Waals surface area contributed by atoms with E-state index < -0.39 is 6.10 Å². The van der Waals surface area contributed by atoms with Crippen molar-refractivity contribution >= 4 is 23.5 Å². The SMILES string of the molecule is CCOC(=O)C1CCN(C(=O)CCN2C(=O)C(CC)Oc3ccccc32)CC1. The predicted octanol–water partition coefficient (Wildman–Crippen LogP) is 2.38. The number of piperidine rings is 1. The van der Waals surface area contributed by atoms with E-state index in [0.717, 1.165) is 0 Å². The first-order valence-electron chi connectivity index (χ1n) is 10.1. The lowest BCUT2D eigenvalue weighted by molar-refractivity contribution is -0.151. The van der Waals surface area contributed by atoms with E-state index in [0.29, 0.717) is 56.9 Å². The third-order valence-corrected chi connectivity index (χ3v) is 5.35. The number of fused-ring (bicyclic) bond motifs is 1. The van der Waals surface area contributed by atoms with Crippen LogP contribution >= 0.6 is 0 Å². The number of anilines is 1. The van der Waals surface area contributed by atoms with E-state index in [-0.39, 0.29) is 30.1 Å². The van der Waals surface area contributed by atoms with E-state index in [9.17, 15) is 14.4 Å². The van der Waals surface area contributed by atoms with E-state index >= 15 is 0 Å². The van der Waals surface area contributed by atoms with Crippen LogP contribution in [-0.4, -0.2) is 55.0 Å². The number of hydrogen-bond acceptors (Lipinski definition) is 5. The molecule has 28 heavy (non-hydrogen) atoms. The molecule has 1 atom stereocenters. The van der Waals surface area contributed by atoms with Crippen molar-refractivity contribution in [3.05, 3.63) is 24.3 Å². The number of esters is 1. The summed E-state index contributed by atoms with van der Waals surface area (Å²) in [5.74, 6) is 0.288. The molecule has 2 heterocycles. The molecule has 7 heteroatoms. The molecule has 0 spiro atoms. The predicted molar refractivity (Wildman–Crippen MR) is 104 cm³/mol. The summed E-state index contributed by atoms with van der Waals surface area (Å²) in [6.07, 6.45) is 1.58. The van der Waals surface area contributed by atoms with E-state index in [1.807, 2.05) is 31.2 Å². The smallest absolute Gasteiger partial charge is 0.309 e. The van der Waals surface area contributed by atoms with Gasteiger partial charge in [0.25, 0.3) is 5.91 Å². The molecule has 0 radical (unpaired) electrons. The molecule has 1 aromatic rings. The van der Waals surface area contributed by atoms with Gasteiger partial charge in [-0.1, -0.05) is 19.1 Å².